The monoisotopic (exact) mass is 308 g/mol. The van der Waals surface area contributed by atoms with E-state index in [0.29, 0.717) is 0 Å². The zero-order valence-corrected chi connectivity index (χ0v) is 13.4. The number of carbonyl (C=O) groups is 1. The highest BCUT2D eigenvalue weighted by atomic mass is 32.2. The Morgan fingerprint density at radius 2 is 2.19 bits per heavy atom. The van der Waals surface area contributed by atoms with Gasteiger partial charge < -0.3 is 10.6 Å². The second-order valence-electron chi connectivity index (χ2n) is 5.35. The molecule has 2 N–H and O–H groups in total. The molecule has 1 atom stereocenters. The van der Waals surface area contributed by atoms with Gasteiger partial charge in [-0.05, 0) is 30.1 Å². The van der Waals surface area contributed by atoms with Crippen molar-refractivity contribution in [1.82, 2.24) is 14.8 Å². The summed E-state index contributed by atoms with van der Waals surface area (Å²) in [6.45, 7) is 4.23. The Morgan fingerprint density at radius 1 is 1.43 bits per heavy atom. The number of pyridine rings is 1. The quantitative estimate of drug-likeness (QED) is 0.842. The predicted molar refractivity (Wildman–Crippen MR) is 87.1 cm³/mol. The molecule has 1 aromatic rings. The fourth-order valence-electron chi connectivity index (χ4n) is 2.48. The lowest BCUT2D eigenvalue weighted by molar-refractivity contribution is -0.134. The fraction of sp³-hybridized carbons (Fsp3) is 0.600. The first-order valence-corrected chi connectivity index (χ1v) is 8.74. The van der Waals surface area contributed by atoms with Crippen molar-refractivity contribution in [2.45, 2.75) is 19.0 Å². The Labute approximate surface area is 130 Å². The summed E-state index contributed by atoms with van der Waals surface area (Å²) >= 11 is 1.73. The molecule has 1 aliphatic heterocycles. The van der Waals surface area contributed by atoms with Gasteiger partial charge in [0.2, 0.25) is 5.91 Å². The summed E-state index contributed by atoms with van der Waals surface area (Å²) in [5.74, 6) is 1.04. The molecule has 6 heteroatoms. The zero-order chi connectivity index (χ0) is 15.1. The Hall–Kier alpha value is -1.11. The van der Waals surface area contributed by atoms with Gasteiger partial charge in [0.1, 0.15) is 0 Å². The van der Waals surface area contributed by atoms with Crippen molar-refractivity contribution >= 4 is 17.7 Å². The zero-order valence-electron chi connectivity index (χ0n) is 12.6. The maximum atomic E-state index is 12.2. The highest BCUT2D eigenvalue weighted by molar-refractivity contribution is 7.98. The van der Waals surface area contributed by atoms with E-state index in [9.17, 15) is 4.79 Å². The van der Waals surface area contributed by atoms with Crippen LogP contribution in [-0.2, 0) is 11.3 Å². The van der Waals surface area contributed by atoms with Gasteiger partial charge in [0.15, 0.2) is 0 Å². The molecule has 2 rings (SSSR count). The van der Waals surface area contributed by atoms with Crippen molar-refractivity contribution in [3.8, 4) is 0 Å². The molecule has 116 valence electrons. The SMILES string of the molecule is CSCC[C@H](N)C(=O)N1CCN(Cc2cccnc2)CC1. The summed E-state index contributed by atoms with van der Waals surface area (Å²) < 4.78 is 0. The first kappa shape index (κ1) is 16.3. The Bertz CT molecular complexity index is 435. The van der Waals surface area contributed by atoms with Crippen LogP contribution in [0.4, 0.5) is 0 Å². The standard InChI is InChI=1S/C15H24N4OS/c1-21-10-4-14(16)15(20)19-8-6-18(7-9-19)12-13-3-2-5-17-11-13/h2-3,5,11,14H,4,6-10,12,16H2,1H3/t14-/m0/s1. The number of hydrogen-bond donors (Lipinski definition) is 1. The molecule has 1 saturated heterocycles. The van der Waals surface area contributed by atoms with E-state index >= 15 is 0 Å². The number of nitrogens with two attached hydrogens (primary N) is 1. The van der Waals surface area contributed by atoms with Gasteiger partial charge in [-0.2, -0.15) is 11.8 Å². The first-order chi connectivity index (χ1) is 10.2. The van der Waals surface area contributed by atoms with E-state index in [1.54, 1.807) is 18.0 Å². The van der Waals surface area contributed by atoms with Gasteiger partial charge in [-0.25, -0.2) is 0 Å². The second-order valence-corrected chi connectivity index (χ2v) is 6.34. The third-order valence-corrected chi connectivity index (χ3v) is 4.41. The van der Waals surface area contributed by atoms with Gasteiger partial charge in [0.05, 0.1) is 6.04 Å². The minimum Gasteiger partial charge on any atom is -0.339 e. The average molecular weight is 308 g/mol. The van der Waals surface area contributed by atoms with Gasteiger partial charge >= 0.3 is 0 Å². The number of nitrogens with zero attached hydrogens (tertiary/aromatic N) is 3. The number of carbonyl (C=O) groups excluding carboxylic acids is 1. The van der Waals surface area contributed by atoms with Gasteiger partial charge in [-0.15, -0.1) is 0 Å². The molecule has 0 spiro atoms. The van der Waals surface area contributed by atoms with Crippen molar-refractivity contribution in [1.29, 1.82) is 0 Å². The fourth-order valence-corrected chi connectivity index (χ4v) is 2.97. The largest absolute Gasteiger partial charge is 0.339 e. The van der Waals surface area contributed by atoms with E-state index < -0.39 is 0 Å². The number of aromatic nitrogens is 1. The van der Waals surface area contributed by atoms with Crippen molar-refractivity contribution in [3.63, 3.8) is 0 Å². The van der Waals surface area contributed by atoms with E-state index in [0.717, 1.165) is 44.9 Å². The molecule has 0 saturated carbocycles. The molecule has 0 radical (unpaired) electrons. The van der Waals surface area contributed by atoms with Gasteiger partial charge in [-0.1, -0.05) is 6.07 Å². The maximum Gasteiger partial charge on any atom is 0.239 e. The maximum absolute atomic E-state index is 12.2. The van der Waals surface area contributed by atoms with Crippen LogP contribution in [0.15, 0.2) is 24.5 Å². The Balaban J connectivity index is 1.76. The van der Waals surface area contributed by atoms with E-state index in [4.69, 9.17) is 5.73 Å². The smallest absolute Gasteiger partial charge is 0.239 e. The van der Waals surface area contributed by atoms with Crippen LogP contribution in [0.5, 0.6) is 0 Å². The molecular weight excluding hydrogens is 284 g/mol. The molecule has 21 heavy (non-hydrogen) atoms. The second kappa shape index (κ2) is 8.36. The van der Waals surface area contributed by atoms with E-state index in [1.165, 1.54) is 5.56 Å². The molecule has 5 nitrogen and oxygen atoms in total. The summed E-state index contributed by atoms with van der Waals surface area (Å²) in [5.41, 5.74) is 7.18. The molecule has 1 aromatic heterocycles. The summed E-state index contributed by atoms with van der Waals surface area (Å²) in [6.07, 6.45) is 6.48. The van der Waals surface area contributed by atoms with Gasteiger partial charge in [-0.3, -0.25) is 14.7 Å². The number of thioether (sulfide) groups is 1. The van der Waals surface area contributed by atoms with Crippen LogP contribution in [0.1, 0.15) is 12.0 Å². The molecule has 1 fully saturated rings. The lowest BCUT2D eigenvalue weighted by atomic mass is 10.2. The summed E-state index contributed by atoms with van der Waals surface area (Å²) in [7, 11) is 0. The summed E-state index contributed by atoms with van der Waals surface area (Å²) in [6, 6.07) is 3.70. The van der Waals surface area contributed by atoms with E-state index in [2.05, 4.69) is 16.0 Å². The number of amides is 1. The van der Waals surface area contributed by atoms with Crippen LogP contribution < -0.4 is 5.73 Å². The number of rotatable bonds is 6. The molecule has 1 aliphatic rings. The van der Waals surface area contributed by atoms with Crippen LogP contribution in [0.3, 0.4) is 0 Å². The molecule has 0 aromatic carbocycles. The normalized spacial score (nSPS) is 17.7. The first-order valence-electron chi connectivity index (χ1n) is 7.35. The Morgan fingerprint density at radius 3 is 2.81 bits per heavy atom. The van der Waals surface area contributed by atoms with Gasteiger partial charge in [0.25, 0.3) is 0 Å². The minimum absolute atomic E-state index is 0.102. The highest BCUT2D eigenvalue weighted by Crippen LogP contribution is 2.09. The topological polar surface area (TPSA) is 62.5 Å². The molecule has 0 aliphatic carbocycles. The molecule has 2 heterocycles. The van der Waals surface area contributed by atoms with Gasteiger partial charge in [0, 0.05) is 45.1 Å². The average Bonchev–Trinajstić information content (AvgIpc) is 2.53. The molecule has 1 amide bonds. The lowest BCUT2D eigenvalue weighted by Crippen LogP contribution is -2.53. The van der Waals surface area contributed by atoms with Crippen LogP contribution in [0, 0.1) is 0 Å². The van der Waals surface area contributed by atoms with Crippen molar-refractivity contribution < 1.29 is 4.79 Å². The third kappa shape index (κ3) is 4.98. The Kier molecular flexibility index (Phi) is 6.48. The van der Waals surface area contributed by atoms with Crippen LogP contribution >= 0.6 is 11.8 Å². The predicted octanol–water partition coefficient (Wildman–Crippen LogP) is 0.806. The number of piperazine rings is 1. The molecule has 0 unspecified atom stereocenters. The highest BCUT2D eigenvalue weighted by Gasteiger charge is 2.24. The molecular formula is C15H24N4OS. The third-order valence-electron chi connectivity index (χ3n) is 3.76. The van der Waals surface area contributed by atoms with E-state index in [1.807, 2.05) is 23.4 Å². The van der Waals surface area contributed by atoms with Crippen LogP contribution in [0.2, 0.25) is 0 Å². The van der Waals surface area contributed by atoms with Crippen molar-refractivity contribution in [2.24, 2.45) is 5.73 Å². The minimum atomic E-state index is -0.345. The van der Waals surface area contributed by atoms with Crippen LogP contribution in [0.25, 0.3) is 0 Å². The lowest BCUT2D eigenvalue weighted by Gasteiger charge is -2.35. The number of hydrogen-bond acceptors (Lipinski definition) is 5. The summed E-state index contributed by atoms with van der Waals surface area (Å²) in [4.78, 5) is 20.6. The summed E-state index contributed by atoms with van der Waals surface area (Å²) in [5, 5.41) is 0. The van der Waals surface area contributed by atoms with Crippen molar-refractivity contribution in [2.75, 3.05) is 38.2 Å². The van der Waals surface area contributed by atoms with Crippen molar-refractivity contribution in [3.05, 3.63) is 30.1 Å². The van der Waals surface area contributed by atoms with Crippen LogP contribution in [-0.4, -0.2) is 64.9 Å². The van der Waals surface area contributed by atoms with E-state index in [-0.39, 0.29) is 11.9 Å². The molecule has 0 bridgehead atoms.